The molecule has 0 saturated carbocycles. The Kier molecular flexibility index (Phi) is 2.00. The van der Waals surface area contributed by atoms with Crippen LogP contribution >= 0.6 is 11.6 Å². The Morgan fingerprint density at radius 3 is 2.21 bits per heavy atom. The zero-order chi connectivity index (χ0) is 10.3. The minimum atomic E-state index is -0.418. The van der Waals surface area contributed by atoms with Crippen molar-refractivity contribution in [2.45, 2.75) is 13.8 Å². The average molecular weight is 207 g/mol. The summed E-state index contributed by atoms with van der Waals surface area (Å²) in [4.78, 5) is 11.5. The molecule has 0 fully saturated rings. The van der Waals surface area contributed by atoms with Gasteiger partial charge in [0.05, 0.1) is 10.4 Å². The molecule has 0 aliphatic heterocycles. The Bertz CT molecular complexity index is 415. The molecule has 0 atom stereocenters. The number of Topliss-reactive ketones (excluding diaryl/α,β-unsaturated/α-hetero) is 1. The highest BCUT2D eigenvalue weighted by molar-refractivity contribution is 6.52. The molecule has 2 heteroatoms. The summed E-state index contributed by atoms with van der Waals surface area (Å²) in [6.45, 7) is 3.81. The minimum absolute atomic E-state index is 0.0398. The van der Waals surface area contributed by atoms with Gasteiger partial charge in [0.1, 0.15) is 0 Å². The van der Waals surface area contributed by atoms with Crippen molar-refractivity contribution in [3.8, 4) is 0 Å². The highest BCUT2D eigenvalue weighted by Crippen LogP contribution is 2.49. The first-order valence-corrected chi connectivity index (χ1v) is 4.93. The molecule has 0 radical (unpaired) electrons. The number of allylic oxidation sites excluding steroid dienone is 2. The van der Waals surface area contributed by atoms with Gasteiger partial charge in [-0.15, -0.1) is 0 Å². The zero-order valence-corrected chi connectivity index (χ0v) is 8.93. The van der Waals surface area contributed by atoms with Crippen LogP contribution < -0.4 is 0 Å². The molecule has 1 nitrogen and oxygen atoms in total. The Hall–Kier alpha value is -1.08. The monoisotopic (exact) mass is 206 g/mol. The number of halogens is 1. The first kappa shape index (κ1) is 9.47. The fourth-order valence-corrected chi connectivity index (χ4v) is 2.39. The van der Waals surface area contributed by atoms with E-state index in [1.807, 2.05) is 44.2 Å². The molecule has 1 aliphatic rings. The van der Waals surface area contributed by atoms with Crippen molar-refractivity contribution in [3.05, 3.63) is 40.9 Å². The van der Waals surface area contributed by atoms with Crippen LogP contribution in [0.3, 0.4) is 0 Å². The van der Waals surface area contributed by atoms with E-state index in [2.05, 4.69) is 0 Å². The summed E-state index contributed by atoms with van der Waals surface area (Å²) in [6, 6.07) is 9.81. The van der Waals surface area contributed by atoms with Crippen molar-refractivity contribution in [3.63, 3.8) is 0 Å². The van der Waals surface area contributed by atoms with Gasteiger partial charge in [-0.2, -0.15) is 0 Å². The van der Waals surface area contributed by atoms with Crippen LogP contribution in [0.25, 0.3) is 5.57 Å². The van der Waals surface area contributed by atoms with Crippen LogP contribution in [0.4, 0.5) is 0 Å². The van der Waals surface area contributed by atoms with Gasteiger partial charge in [0, 0.05) is 0 Å². The lowest BCUT2D eigenvalue weighted by atomic mass is 9.68. The number of hydrogen-bond acceptors (Lipinski definition) is 1. The first-order valence-electron chi connectivity index (χ1n) is 4.55. The van der Waals surface area contributed by atoms with Gasteiger partial charge in [-0.1, -0.05) is 41.9 Å². The van der Waals surface area contributed by atoms with Crippen LogP contribution in [-0.2, 0) is 4.79 Å². The van der Waals surface area contributed by atoms with Gasteiger partial charge in [-0.05, 0) is 25.0 Å². The van der Waals surface area contributed by atoms with E-state index in [-0.39, 0.29) is 5.78 Å². The highest BCUT2D eigenvalue weighted by Gasteiger charge is 2.45. The molecule has 0 aromatic heterocycles. The van der Waals surface area contributed by atoms with Crippen molar-refractivity contribution in [1.29, 1.82) is 0 Å². The number of rotatable bonds is 1. The summed E-state index contributed by atoms with van der Waals surface area (Å²) < 4.78 is 0. The number of hydrogen-bond donors (Lipinski definition) is 0. The van der Waals surface area contributed by atoms with Gasteiger partial charge < -0.3 is 0 Å². The van der Waals surface area contributed by atoms with Gasteiger partial charge in [0.15, 0.2) is 5.78 Å². The second kappa shape index (κ2) is 2.96. The third-order valence-electron chi connectivity index (χ3n) is 2.67. The molecule has 0 amide bonds. The van der Waals surface area contributed by atoms with Crippen LogP contribution in [0.5, 0.6) is 0 Å². The molecule has 0 bridgehead atoms. The van der Waals surface area contributed by atoms with E-state index in [0.29, 0.717) is 5.03 Å². The van der Waals surface area contributed by atoms with Crippen molar-refractivity contribution in [2.75, 3.05) is 0 Å². The highest BCUT2D eigenvalue weighted by atomic mass is 35.5. The van der Waals surface area contributed by atoms with Gasteiger partial charge >= 0.3 is 0 Å². The normalized spacial score (nSPS) is 19.5. The minimum Gasteiger partial charge on any atom is -0.292 e. The quantitative estimate of drug-likeness (QED) is 0.690. The number of benzene rings is 1. The lowest BCUT2D eigenvalue weighted by molar-refractivity contribution is -0.121. The molecule has 2 rings (SSSR count). The average Bonchev–Trinajstić information content (AvgIpc) is 2.18. The van der Waals surface area contributed by atoms with Crippen molar-refractivity contribution >= 4 is 23.0 Å². The van der Waals surface area contributed by atoms with Gasteiger partial charge in [-0.25, -0.2) is 0 Å². The summed E-state index contributed by atoms with van der Waals surface area (Å²) in [6.07, 6.45) is 0. The molecular formula is C12H11ClO. The molecule has 0 unspecified atom stereocenters. The van der Waals surface area contributed by atoms with Crippen LogP contribution in [0.15, 0.2) is 35.4 Å². The van der Waals surface area contributed by atoms with Gasteiger partial charge in [-0.3, -0.25) is 4.79 Å². The summed E-state index contributed by atoms with van der Waals surface area (Å²) in [5, 5.41) is 0.390. The van der Waals surface area contributed by atoms with Crippen LogP contribution in [0, 0.1) is 5.41 Å². The lowest BCUT2D eigenvalue weighted by Gasteiger charge is -2.36. The van der Waals surface area contributed by atoms with Crippen LogP contribution in [0.1, 0.15) is 19.4 Å². The van der Waals surface area contributed by atoms with E-state index in [1.165, 1.54) is 0 Å². The summed E-state index contributed by atoms with van der Waals surface area (Å²) in [5.41, 5.74) is 1.59. The first-order chi connectivity index (χ1) is 6.55. The maximum atomic E-state index is 11.5. The summed E-state index contributed by atoms with van der Waals surface area (Å²) in [7, 11) is 0. The fraction of sp³-hybridized carbons (Fsp3) is 0.250. The SMILES string of the molecule is CC1(C)C(=O)C(Cl)=C1c1ccccc1. The van der Waals surface area contributed by atoms with E-state index in [1.54, 1.807) is 0 Å². The molecule has 1 aliphatic carbocycles. The van der Waals surface area contributed by atoms with Gasteiger partial charge in [0.25, 0.3) is 0 Å². The van der Waals surface area contributed by atoms with E-state index in [9.17, 15) is 4.79 Å². The van der Waals surface area contributed by atoms with E-state index >= 15 is 0 Å². The predicted molar refractivity (Wildman–Crippen MR) is 58.0 cm³/mol. The number of carbonyl (C=O) groups excluding carboxylic acids is 1. The van der Waals surface area contributed by atoms with Gasteiger partial charge in [0.2, 0.25) is 0 Å². The second-order valence-corrected chi connectivity index (χ2v) is 4.39. The second-order valence-electron chi connectivity index (χ2n) is 4.01. The predicted octanol–water partition coefficient (Wildman–Crippen LogP) is 3.25. The van der Waals surface area contributed by atoms with Crippen molar-refractivity contribution < 1.29 is 4.79 Å². The molecule has 72 valence electrons. The maximum absolute atomic E-state index is 11.5. The smallest absolute Gasteiger partial charge is 0.184 e. The summed E-state index contributed by atoms with van der Waals surface area (Å²) >= 11 is 5.91. The standard InChI is InChI=1S/C12H11ClO/c1-12(2)9(10(13)11(12)14)8-6-4-3-5-7-8/h3-7H,1-2H3. The Labute approximate surface area is 88.4 Å². The largest absolute Gasteiger partial charge is 0.292 e. The third-order valence-corrected chi connectivity index (χ3v) is 3.03. The topological polar surface area (TPSA) is 17.1 Å². The van der Waals surface area contributed by atoms with E-state index < -0.39 is 5.41 Å². The molecule has 1 aromatic carbocycles. The fourth-order valence-electron chi connectivity index (χ4n) is 1.81. The Morgan fingerprint density at radius 2 is 1.71 bits per heavy atom. The van der Waals surface area contributed by atoms with E-state index in [0.717, 1.165) is 11.1 Å². The zero-order valence-electron chi connectivity index (χ0n) is 8.17. The molecule has 0 N–H and O–H groups in total. The van der Waals surface area contributed by atoms with Crippen molar-refractivity contribution in [1.82, 2.24) is 0 Å². The summed E-state index contributed by atoms with van der Waals surface area (Å²) in [5.74, 6) is 0.0398. The molecule has 1 aromatic rings. The molecule has 0 saturated heterocycles. The maximum Gasteiger partial charge on any atom is 0.184 e. The number of ketones is 1. The lowest BCUT2D eigenvalue weighted by Crippen LogP contribution is -2.36. The van der Waals surface area contributed by atoms with Crippen LogP contribution in [-0.4, -0.2) is 5.78 Å². The number of carbonyl (C=O) groups is 1. The Morgan fingerprint density at radius 1 is 1.14 bits per heavy atom. The molecule has 0 heterocycles. The van der Waals surface area contributed by atoms with Crippen molar-refractivity contribution in [2.24, 2.45) is 5.41 Å². The molecule has 0 spiro atoms. The third kappa shape index (κ3) is 1.12. The molecular weight excluding hydrogens is 196 g/mol. The van der Waals surface area contributed by atoms with E-state index in [4.69, 9.17) is 11.6 Å². The molecule has 14 heavy (non-hydrogen) atoms. The Balaban J connectivity index is 2.53. The van der Waals surface area contributed by atoms with Crippen LogP contribution in [0.2, 0.25) is 0 Å².